The van der Waals surface area contributed by atoms with Gasteiger partial charge >= 0.3 is 0 Å². The van der Waals surface area contributed by atoms with Crippen LogP contribution in [0.25, 0.3) is 11.0 Å². The summed E-state index contributed by atoms with van der Waals surface area (Å²) in [5.41, 5.74) is -0.532. The topological polar surface area (TPSA) is 45.8 Å². The lowest BCUT2D eigenvalue weighted by Gasteiger charge is -2.06. The molecule has 0 saturated heterocycles. The molecule has 86 valence electrons. The van der Waals surface area contributed by atoms with Crippen molar-refractivity contribution in [1.29, 1.82) is 0 Å². The summed E-state index contributed by atoms with van der Waals surface area (Å²) in [5, 5.41) is 0. The van der Waals surface area contributed by atoms with Gasteiger partial charge in [0.1, 0.15) is 17.4 Å². The van der Waals surface area contributed by atoms with Gasteiger partial charge in [0, 0.05) is 0 Å². The standard InChI is InChI=1S/C11H9BF2N2O/c1-5(13)9-11(17)16-10-7(15-9)3-2-6(4-12)8(10)14/h2-3,5H,4H2,1H3,(H,16,17). The van der Waals surface area contributed by atoms with E-state index in [2.05, 4.69) is 9.97 Å². The molecule has 1 heterocycles. The highest BCUT2D eigenvalue weighted by atomic mass is 19.1. The second-order valence-corrected chi connectivity index (χ2v) is 3.70. The lowest BCUT2D eigenvalue weighted by Crippen LogP contribution is -2.16. The minimum atomic E-state index is -1.50. The van der Waals surface area contributed by atoms with Gasteiger partial charge in [0.15, 0.2) is 5.82 Å². The molecule has 1 unspecified atom stereocenters. The van der Waals surface area contributed by atoms with Crippen LogP contribution in [0, 0.1) is 5.82 Å². The number of hydrogen-bond donors (Lipinski definition) is 1. The molecule has 1 N–H and O–H groups in total. The van der Waals surface area contributed by atoms with Gasteiger partial charge < -0.3 is 4.98 Å². The van der Waals surface area contributed by atoms with Crippen molar-refractivity contribution in [1.82, 2.24) is 9.97 Å². The van der Waals surface area contributed by atoms with Crippen LogP contribution in [-0.2, 0) is 6.32 Å². The molecule has 3 nitrogen and oxygen atoms in total. The van der Waals surface area contributed by atoms with Gasteiger partial charge in [-0.25, -0.2) is 13.8 Å². The first kappa shape index (κ1) is 11.8. The average Bonchev–Trinajstić information content (AvgIpc) is 2.29. The van der Waals surface area contributed by atoms with Crippen LogP contribution in [0.3, 0.4) is 0 Å². The van der Waals surface area contributed by atoms with Gasteiger partial charge in [-0.15, -0.1) is 0 Å². The molecule has 0 spiro atoms. The molecule has 0 saturated carbocycles. The van der Waals surface area contributed by atoms with Gasteiger partial charge in [0.2, 0.25) is 0 Å². The Morgan fingerprint density at radius 3 is 2.82 bits per heavy atom. The van der Waals surface area contributed by atoms with Crippen LogP contribution in [0.15, 0.2) is 16.9 Å². The predicted molar refractivity (Wildman–Crippen MR) is 61.3 cm³/mol. The van der Waals surface area contributed by atoms with Crippen LogP contribution in [0.5, 0.6) is 0 Å². The minimum Gasteiger partial charge on any atom is -0.317 e. The Bertz CT molecular complexity index is 625. The molecule has 0 amide bonds. The summed E-state index contributed by atoms with van der Waals surface area (Å²) in [6.45, 7) is 1.20. The normalized spacial score (nSPS) is 12.9. The average molecular weight is 234 g/mol. The van der Waals surface area contributed by atoms with Gasteiger partial charge in [-0.2, -0.15) is 0 Å². The van der Waals surface area contributed by atoms with E-state index in [1.54, 1.807) is 0 Å². The van der Waals surface area contributed by atoms with Gasteiger partial charge in [-0.1, -0.05) is 12.4 Å². The first-order valence-corrected chi connectivity index (χ1v) is 5.10. The fourth-order valence-corrected chi connectivity index (χ4v) is 1.61. The maximum Gasteiger partial charge on any atom is 0.273 e. The monoisotopic (exact) mass is 234 g/mol. The molecule has 2 rings (SSSR count). The van der Waals surface area contributed by atoms with E-state index >= 15 is 0 Å². The maximum absolute atomic E-state index is 13.8. The Balaban J connectivity index is 2.79. The predicted octanol–water partition coefficient (Wildman–Crippen LogP) is 1.76. The Kier molecular flexibility index (Phi) is 2.96. The summed E-state index contributed by atoms with van der Waals surface area (Å²) < 4.78 is 26.9. The van der Waals surface area contributed by atoms with E-state index in [1.165, 1.54) is 19.1 Å². The van der Waals surface area contributed by atoms with Gasteiger partial charge in [0.05, 0.1) is 13.4 Å². The molecule has 0 bridgehead atoms. The molecule has 1 aromatic heterocycles. The third-order valence-electron chi connectivity index (χ3n) is 2.51. The van der Waals surface area contributed by atoms with Crippen molar-refractivity contribution in [2.24, 2.45) is 0 Å². The summed E-state index contributed by atoms with van der Waals surface area (Å²) in [6.07, 6.45) is -1.48. The molecule has 1 atom stereocenters. The Hall–Kier alpha value is -1.72. The number of halogens is 2. The van der Waals surface area contributed by atoms with E-state index < -0.39 is 17.5 Å². The van der Waals surface area contributed by atoms with E-state index in [1.807, 2.05) is 0 Å². The Morgan fingerprint density at radius 1 is 1.53 bits per heavy atom. The van der Waals surface area contributed by atoms with Gasteiger partial charge in [-0.05, 0) is 18.6 Å². The summed E-state index contributed by atoms with van der Waals surface area (Å²) in [7, 11) is 5.35. The largest absolute Gasteiger partial charge is 0.317 e. The second kappa shape index (κ2) is 4.27. The maximum atomic E-state index is 13.8. The molecule has 2 radical (unpaired) electrons. The third-order valence-corrected chi connectivity index (χ3v) is 2.51. The summed E-state index contributed by atoms with van der Waals surface area (Å²) in [5.74, 6) is -0.618. The SMILES string of the molecule is [B]Cc1ccc2nc(C(C)F)c(=O)[nH]c2c1F. The highest BCUT2D eigenvalue weighted by Crippen LogP contribution is 2.18. The molecule has 2 aromatic rings. The van der Waals surface area contributed by atoms with Crippen molar-refractivity contribution in [3.05, 3.63) is 39.6 Å². The Morgan fingerprint density at radius 2 is 2.24 bits per heavy atom. The van der Waals surface area contributed by atoms with E-state index in [0.717, 1.165) is 0 Å². The van der Waals surface area contributed by atoms with Crippen molar-refractivity contribution in [3.8, 4) is 0 Å². The van der Waals surface area contributed by atoms with Crippen LogP contribution in [0.2, 0.25) is 0 Å². The molecular formula is C11H9BF2N2O. The first-order valence-electron chi connectivity index (χ1n) is 5.10. The molecule has 0 aliphatic heterocycles. The minimum absolute atomic E-state index is 0.0189. The molecular weight excluding hydrogens is 225 g/mol. The summed E-state index contributed by atoms with van der Waals surface area (Å²) in [6, 6.07) is 2.97. The molecule has 0 fully saturated rings. The molecule has 0 aliphatic carbocycles. The zero-order chi connectivity index (χ0) is 12.6. The number of benzene rings is 1. The first-order chi connectivity index (χ1) is 8.04. The molecule has 6 heteroatoms. The third kappa shape index (κ3) is 1.95. The summed E-state index contributed by atoms with van der Waals surface area (Å²) >= 11 is 0. The molecule has 17 heavy (non-hydrogen) atoms. The van der Waals surface area contributed by atoms with Crippen molar-refractivity contribution < 1.29 is 8.78 Å². The second-order valence-electron chi connectivity index (χ2n) is 3.70. The highest BCUT2D eigenvalue weighted by molar-refractivity contribution is 6.08. The van der Waals surface area contributed by atoms with Crippen molar-refractivity contribution >= 4 is 18.9 Å². The quantitative estimate of drug-likeness (QED) is 0.804. The fourth-order valence-electron chi connectivity index (χ4n) is 1.61. The summed E-state index contributed by atoms with van der Waals surface area (Å²) in [4.78, 5) is 17.6. The number of nitrogens with zero attached hydrogens (tertiary/aromatic N) is 1. The number of nitrogens with one attached hydrogen (secondary N) is 1. The number of rotatable bonds is 2. The molecule has 1 aromatic carbocycles. The van der Waals surface area contributed by atoms with Crippen LogP contribution in [0.4, 0.5) is 8.78 Å². The highest BCUT2D eigenvalue weighted by Gasteiger charge is 2.14. The zero-order valence-electron chi connectivity index (χ0n) is 9.13. The van der Waals surface area contributed by atoms with Crippen LogP contribution in [-0.4, -0.2) is 17.8 Å². The van der Waals surface area contributed by atoms with E-state index in [-0.39, 0.29) is 28.6 Å². The van der Waals surface area contributed by atoms with Gasteiger partial charge in [0.25, 0.3) is 5.56 Å². The number of fused-ring (bicyclic) bond motifs is 1. The number of alkyl halides is 1. The number of aromatic amines is 1. The van der Waals surface area contributed by atoms with E-state index in [9.17, 15) is 13.6 Å². The van der Waals surface area contributed by atoms with Crippen LogP contribution < -0.4 is 5.56 Å². The van der Waals surface area contributed by atoms with Crippen molar-refractivity contribution in [3.63, 3.8) is 0 Å². The lowest BCUT2D eigenvalue weighted by molar-refractivity contribution is 0.363. The number of hydrogen-bond acceptors (Lipinski definition) is 2. The zero-order valence-corrected chi connectivity index (χ0v) is 9.13. The number of H-pyrrole nitrogens is 1. The van der Waals surface area contributed by atoms with Crippen LogP contribution in [0.1, 0.15) is 24.4 Å². The fraction of sp³-hybridized carbons (Fsp3) is 0.273. The smallest absolute Gasteiger partial charge is 0.273 e. The Labute approximate surface area is 97.3 Å². The molecule has 0 aliphatic rings. The lowest BCUT2D eigenvalue weighted by atomic mass is 9.96. The van der Waals surface area contributed by atoms with Crippen molar-refractivity contribution in [2.75, 3.05) is 0 Å². The van der Waals surface area contributed by atoms with E-state index in [4.69, 9.17) is 7.85 Å². The number of aromatic nitrogens is 2. The van der Waals surface area contributed by atoms with Gasteiger partial charge in [-0.3, -0.25) is 4.79 Å². The van der Waals surface area contributed by atoms with E-state index in [0.29, 0.717) is 0 Å². The van der Waals surface area contributed by atoms with Crippen molar-refractivity contribution in [2.45, 2.75) is 19.4 Å². The van der Waals surface area contributed by atoms with Crippen LogP contribution >= 0.6 is 0 Å².